The second-order valence-corrected chi connectivity index (χ2v) is 7.40. The van der Waals surface area contributed by atoms with E-state index in [0.29, 0.717) is 16.9 Å². The Morgan fingerprint density at radius 2 is 1.81 bits per heavy atom. The van der Waals surface area contributed by atoms with E-state index in [2.05, 4.69) is 4.98 Å². The number of benzene rings is 1. The molecule has 10 heteroatoms. The third-order valence-corrected chi connectivity index (χ3v) is 5.43. The van der Waals surface area contributed by atoms with Crippen LogP contribution >= 0.6 is 35.0 Å². The van der Waals surface area contributed by atoms with Crippen molar-refractivity contribution in [3.05, 3.63) is 52.1 Å². The number of hydrogen-bond donors (Lipinski definition) is 0. The van der Waals surface area contributed by atoms with Crippen LogP contribution in [-0.4, -0.2) is 22.0 Å². The van der Waals surface area contributed by atoms with Crippen LogP contribution in [0.1, 0.15) is 12.0 Å². The Bertz CT molecular complexity index is 875. The van der Waals surface area contributed by atoms with Crippen molar-refractivity contribution in [1.29, 1.82) is 0 Å². The van der Waals surface area contributed by atoms with Crippen molar-refractivity contribution in [2.24, 2.45) is 0 Å². The second-order valence-electron chi connectivity index (χ2n) is 5.36. The first kappa shape index (κ1) is 19.0. The van der Waals surface area contributed by atoms with Crippen molar-refractivity contribution in [2.45, 2.75) is 22.9 Å². The summed E-state index contributed by atoms with van der Waals surface area (Å²) in [5, 5.41) is -0.529. The molecule has 0 bridgehead atoms. The van der Waals surface area contributed by atoms with Crippen LogP contribution in [0.15, 0.2) is 41.6 Å². The number of thioether (sulfide) groups is 1. The molecule has 3 rings (SSSR count). The van der Waals surface area contributed by atoms with Gasteiger partial charge >= 0.3 is 6.18 Å². The van der Waals surface area contributed by atoms with Gasteiger partial charge in [-0.3, -0.25) is 9.59 Å². The number of carbonyl (C=O) groups excluding carboxylic acids is 2. The molecule has 0 N–H and O–H groups in total. The topological polar surface area (TPSA) is 50.3 Å². The van der Waals surface area contributed by atoms with Crippen LogP contribution in [0.25, 0.3) is 0 Å². The molecule has 1 aliphatic heterocycles. The van der Waals surface area contributed by atoms with Gasteiger partial charge in [0.25, 0.3) is 0 Å². The van der Waals surface area contributed by atoms with Gasteiger partial charge < -0.3 is 0 Å². The van der Waals surface area contributed by atoms with Crippen molar-refractivity contribution < 1.29 is 22.8 Å². The maximum Gasteiger partial charge on any atom is 0.417 e. The first-order valence-corrected chi connectivity index (χ1v) is 8.82. The summed E-state index contributed by atoms with van der Waals surface area (Å²) in [5.41, 5.74) is -0.609. The highest BCUT2D eigenvalue weighted by Gasteiger charge is 2.41. The number of anilines is 1. The number of nitrogens with zero attached hydrogens (tertiary/aromatic N) is 2. The molecule has 1 aromatic heterocycles. The quantitative estimate of drug-likeness (QED) is 0.667. The zero-order valence-electron chi connectivity index (χ0n) is 12.8. The maximum absolute atomic E-state index is 12.7. The first-order chi connectivity index (χ1) is 12.2. The van der Waals surface area contributed by atoms with Gasteiger partial charge in [-0.25, -0.2) is 9.88 Å². The van der Waals surface area contributed by atoms with Gasteiger partial charge in [0, 0.05) is 17.6 Å². The monoisotopic (exact) mass is 420 g/mol. The first-order valence-electron chi connectivity index (χ1n) is 7.18. The minimum Gasteiger partial charge on any atom is -0.274 e. The molecule has 26 heavy (non-hydrogen) atoms. The summed E-state index contributed by atoms with van der Waals surface area (Å²) >= 11 is 12.5. The normalized spacial score (nSPS) is 17.9. The predicted molar refractivity (Wildman–Crippen MR) is 92.5 cm³/mol. The molecule has 136 valence electrons. The molecule has 1 aliphatic rings. The molecule has 2 amide bonds. The molecule has 1 aromatic carbocycles. The number of amides is 2. The van der Waals surface area contributed by atoms with Crippen LogP contribution in [0.4, 0.5) is 18.9 Å². The van der Waals surface area contributed by atoms with Crippen LogP contribution in [-0.2, 0) is 15.8 Å². The molecule has 0 aliphatic carbocycles. The van der Waals surface area contributed by atoms with Crippen molar-refractivity contribution in [2.75, 3.05) is 4.90 Å². The smallest absolute Gasteiger partial charge is 0.274 e. The van der Waals surface area contributed by atoms with Crippen LogP contribution in [0, 0.1) is 0 Å². The lowest BCUT2D eigenvalue weighted by Crippen LogP contribution is -2.31. The van der Waals surface area contributed by atoms with E-state index in [9.17, 15) is 22.8 Å². The molecule has 1 atom stereocenters. The highest BCUT2D eigenvalue weighted by atomic mass is 35.5. The third-order valence-electron chi connectivity index (χ3n) is 3.58. The number of pyridine rings is 1. The maximum atomic E-state index is 12.7. The summed E-state index contributed by atoms with van der Waals surface area (Å²) in [4.78, 5) is 29.4. The zero-order valence-corrected chi connectivity index (χ0v) is 15.1. The molecular formula is C16H9Cl2F3N2O2S. The fraction of sp³-hybridized carbons (Fsp3) is 0.188. The van der Waals surface area contributed by atoms with Gasteiger partial charge in [-0.2, -0.15) is 13.2 Å². The van der Waals surface area contributed by atoms with Crippen molar-refractivity contribution >= 4 is 52.5 Å². The number of rotatable bonds is 3. The average Bonchev–Trinajstić information content (AvgIpc) is 2.83. The molecule has 4 nitrogen and oxygen atoms in total. The Balaban J connectivity index is 1.80. The Labute approximate surface area is 160 Å². The van der Waals surface area contributed by atoms with E-state index in [1.54, 1.807) is 12.1 Å². The molecule has 0 saturated carbocycles. The largest absolute Gasteiger partial charge is 0.417 e. The van der Waals surface area contributed by atoms with Gasteiger partial charge in [0.2, 0.25) is 11.8 Å². The van der Waals surface area contributed by atoms with E-state index in [1.807, 2.05) is 0 Å². The number of aromatic nitrogens is 1. The summed E-state index contributed by atoms with van der Waals surface area (Å²) in [5.74, 6) is -0.905. The highest BCUT2D eigenvalue weighted by Crippen LogP contribution is 2.38. The van der Waals surface area contributed by atoms with Crippen LogP contribution in [0.3, 0.4) is 0 Å². The van der Waals surface area contributed by atoms with Gasteiger partial charge in [-0.15, -0.1) is 0 Å². The summed E-state index contributed by atoms with van der Waals surface area (Å²) in [6.07, 6.45) is -4.03. The second kappa shape index (κ2) is 7.09. The summed E-state index contributed by atoms with van der Waals surface area (Å²) in [6, 6.07) is 6.91. The third kappa shape index (κ3) is 3.82. The van der Waals surface area contributed by atoms with Gasteiger partial charge in [-0.05, 0) is 30.3 Å². The van der Waals surface area contributed by atoms with E-state index in [4.69, 9.17) is 23.2 Å². The van der Waals surface area contributed by atoms with Crippen molar-refractivity contribution in [3.8, 4) is 0 Å². The lowest BCUT2D eigenvalue weighted by molar-refractivity contribution is -0.138. The predicted octanol–water partition coefficient (Wildman–Crippen LogP) is 4.83. The number of halogens is 5. The number of carbonyl (C=O) groups is 2. The molecule has 2 heterocycles. The number of alkyl halides is 3. The minimum absolute atomic E-state index is 0.0590. The van der Waals surface area contributed by atoms with E-state index in [1.165, 1.54) is 12.1 Å². The van der Waals surface area contributed by atoms with Crippen LogP contribution in [0.5, 0.6) is 0 Å². The van der Waals surface area contributed by atoms with Gasteiger partial charge in [0.1, 0.15) is 5.03 Å². The SMILES string of the molecule is O=C1C[C@@H](Sc2ncc(C(F)(F)F)cc2Cl)C(=O)N1c1ccc(Cl)cc1. The van der Waals surface area contributed by atoms with Crippen LogP contribution in [0.2, 0.25) is 10.0 Å². The van der Waals surface area contributed by atoms with Gasteiger partial charge in [0.05, 0.1) is 21.5 Å². The van der Waals surface area contributed by atoms with E-state index >= 15 is 0 Å². The van der Waals surface area contributed by atoms with Crippen LogP contribution < -0.4 is 4.90 Å². The summed E-state index contributed by atoms with van der Waals surface area (Å²) in [7, 11) is 0. The Morgan fingerprint density at radius 3 is 2.38 bits per heavy atom. The standard InChI is InChI=1S/C16H9Cl2F3N2O2S/c17-9-1-3-10(4-2-9)23-13(24)6-12(15(23)25)26-14-11(18)5-8(7-22-14)16(19,20)21/h1-5,7,12H,6H2/t12-/m1/s1. The number of hydrogen-bond acceptors (Lipinski definition) is 4. The van der Waals surface area contributed by atoms with Gasteiger partial charge in [-0.1, -0.05) is 35.0 Å². The Kier molecular flexibility index (Phi) is 5.18. The Hall–Kier alpha value is -1.77. The molecule has 0 radical (unpaired) electrons. The summed E-state index contributed by atoms with van der Waals surface area (Å²) < 4.78 is 38.0. The molecule has 0 spiro atoms. The van der Waals surface area contributed by atoms with E-state index in [0.717, 1.165) is 22.7 Å². The van der Waals surface area contributed by atoms with Crippen molar-refractivity contribution in [1.82, 2.24) is 4.98 Å². The fourth-order valence-electron chi connectivity index (χ4n) is 2.36. The number of imide groups is 1. The summed E-state index contributed by atoms with van der Waals surface area (Å²) in [6.45, 7) is 0. The Morgan fingerprint density at radius 1 is 1.15 bits per heavy atom. The van der Waals surface area contributed by atoms with Gasteiger partial charge in [0.15, 0.2) is 0 Å². The lowest BCUT2D eigenvalue weighted by Gasteiger charge is -2.15. The van der Waals surface area contributed by atoms with E-state index in [-0.39, 0.29) is 16.5 Å². The van der Waals surface area contributed by atoms with E-state index < -0.39 is 28.8 Å². The fourth-order valence-corrected chi connectivity index (χ4v) is 3.77. The molecule has 1 fully saturated rings. The van der Waals surface area contributed by atoms with Crippen molar-refractivity contribution in [3.63, 3.8) is 0 Å². The zero-order chi connectivity index (χ0) is 19.1. The molecule has 0 unspecified atom stereocenters. The lowest BCUT2D eigenvalue weighted by atomic mass is 10.3. The minimum atomic E-state index is -4.57. The molecular weight excluding hydrogens is 412 g/mol. The highest BCUT2D eigenvalue weighted by molar-refractivity contribution is 8.00. The average molecular weight is 421 g/mol. The molecule has 1 saturated heterocycles. The molecule has 2 aromatic rings.